The molecule has 0 fully saturated rings. The molecule has 0 aliphatic heterocycles. The number of hydrogen-bond donors (Lipinski definition) is 0. The van der Waals surface area contributed by atoms with Crippen LogP contribution in [0.15, 0.2) is 54.9 Å². The van der Waals surface area contributed by atoms with Crippen LogP contribution in [0.2, 0.25) is 0 Å². The van der Waals surface area contributed by atoms with Crippen LogP contribution in [0.1, 0.15) is 0 Å². The van der Waals surface area contributed by atoms with Gasteiger partial charge in [0.15, 0.2) is 5.65 Å². The molecular weight excluding hydrogens is 196 g/mol. The summed E-state index contributed by atoms with van der Waals surface area (Å²) in [4.78, 5) is 8.52. The third-order valence-electron chi connectivity index (χ3n) is 2.47. The van der Waals surface area contributed by atoms with Gasteiger partial charge in [0.05, 0.1) is 0 Å². The molecule has 75 valence electrons. The lowest BCUT2D eigenvalue weighted by Crippen LogP contribution is -1.84. The van der Waals surface area contributed by atoms with E-state index in [1.165, 1.54) is 0 Å². The summed E-state index contributed by atoms with van der Waals surface area (Å²) in [6.45, 7) is 0. The Bertz CT molecular complexity index is 618. The highest BCUT2D eigenvalue weighted by atomic mass is 14.8. The van der Waals surface area contributed by atoms with Crippen LogP contribution in [0.5, 0.6) is 0 Å². The molecule has 1 aromatic carbocycles. The average molecular weight is 205 g/mol. The van der Waals surface area contributed by atoms with Gasteiger partial charge in [-0.1, -0.05) is 24.3 Å². The van der Waals surface area contributed by atoms with Crippen LogP contribution >= 0.6 is 0 Å². The third kappa shape index (κ3) is 1.54. The van der Waals surface area contributed by atoms with Gasteiger partial charge in [0.2, 0.25) is 0 Å². The lowest BCUT2D eigenvalue weighted by Gasteiger charge is -2.01. The van der Waals surface area contributed by atoms with Crippen LogP contribution in [-0.2, 0) is 0 Å². The van der Waals surface area contributed by atoms with E-state index in [0.717, 1.165) is 22.2 Å². The first-order chi connectivity index (χ1) is 7.93. The lowest BCUT2D eigenvalue weighted by atomic mass is 10.1. The first-order valence-corrected chi connectivity index (χ1v) is 5.11. The number of aromatic nitrogens is 2. The van der Waals surface area contributed by atoms with E-state index < -0.39 is 0 Å². The number of hydrogen-bond acceptors (Lipinski definition) is 2. The van der Waals surface area contributed by atoms with Crippen LogP contribution in [0.3, 0.4) is 0 Å². The van der Waals surface area contributed by atoms with Crippen molar-refractivity contribution in [3.05, 3.63) is 60.9 Å². The SMILES string of the molecule is [c]1ccccc1-c1cnc2ncccc2c1. The molecule has 2 nitrogen and oxygen atoms in total. The summed E-state index contributed by atoms with van der Waals surface area (Å²) in [5.41, 5.74) is 2.91. The van der Waals surface area contributed by atoms with Crippen molar-refractivity contribution in [1.29, 1.82) is 0 Å². The van der Waals surface area contributed by atoms with Gasteiger partial charge < -0.3 is 0 Å². The number of fused-ring (bicyclic) bond motifs is 1. The number of rotatable bonds is 1. The zero-order valence-electron chi connectivity index (χ0n) is 8.59. The van der Waals surface area contributed by atoms with E-state index in [2.05, 4.69) is 22.1 Å². The molecule has 1 radical (unpaired) electrons. The summed E-state index contributed by atoms with van der Waals surface area (Å²) >= 11 is 0. The molecule has 0 atom stereocenters. The highest BCUT2D eigenvalue weighted by Crippen LogP contribution is 2.20. The van der Waals surface area contributed by atoms with Crippen molar-refractivity contribution in [3.63, 3.8) is 0 Å². The molecule has 2 heterocycles. The van der Waals surface area contributed by atoms with Crippen LogP contribution in [0.4, 0.5) is 0 Å². The predicted molar refractivity (Wildman–Crippen MR) is 63.8 cm³/mol. The van der Waals surface area contributed by atoms with E-state index in [4.69, 9.17) is 0 Å². The fourth-order valence-electron chi connectivity index (χ4n) is 1.69. The Hall–Kier alpha value is -2.22. The molecule has 0 aliphatic carbocycles. The zero-order chi connectivity index (χ0) is 10.8. The Morgan fingerprint density at radius 3 is 2.88 bits per heavy atom. The summed E-state index contributed by atoms with van der Waals surface area (Å²) in [5, 5.41) is 1.05. The summed E-state index contributed by atoms with van der Waals surface area (Å²) in [7, 11) is 0. The molecule has 3 aromatic rings. The minimum atomic E-state index is 0.780. The second kappa shape index (κ2) is 3.74. The molecule has 0 saturated heterocycles. The smallest absolute Gasteiger partial charge is 0.159 e. The highest BCUT2D eigenvalue weighted by Gasteiger charge is 2.00. The minimum Gasteiger partial charge on any atom is -0.237 e. The molecule has 0 saturated carbocycles. The zero-order valence-corrected chi connectivity index (χ0v) is 8.59. The van der Waals surface area contributed by atoms with E-state index in [9.17, 15) is 0 Å². The molecule has 2 aromatic heterocycles. The molecule has 0 aliphatic rings. The Labute approximate surface area is 93.6 Å². The molecule has 0 bridgehead atoms. The standard InChI is InChI=1S/C14H9N2/c1-2-5-11(6-3-1)13-9-12-7-4-8-15-14(12)16-10-13/h1-5,7-10H. The van der Waals surface area contributed by atoms with Gasteiger partial charge in [-0.3, -0.25) is 0 Å². The molecule has 3 rings (SSSR count). The first kappa shape index (κ1) is 9.04. The molecule has 16 heavy (non-hydrogen) atoms. The van der Waals surface area contributed by atoms with Crippen LogP contribution in [-0.4, -0.2) is 9.97 Å². The maximum Gasteiger partial charge on any atom is 0.159 e. The highest BCUT2D eigenvalue weighted by molar-refractivity contribution is 5.80. The maximum absolute atomic E-state index is 4.33. The van der Waals surface area contributed by atoms with Crippen LogP contribution < -0.4 is 0 Å². The number of nitrogens with zero attached hydrogens (tertiary/aromatic N) is 2. The van der Waals surface area contributed by atoms with Gasteiger partial charge in [0, 0.05) is 23.3 Å². The van der Waals surface area contributed by atoms with Crippen molar-refractivity contribution in [2.24, 2.45) is 0 Å². The Kier molecular flexibility index (Phi) is 2.11. The largest absolute Gasteiger partial charge is 0.237 e. The minimum absolute atomic E-state index is 0.780. The third-order valence-corrected chi connectivity index (χ3v) is 2.47. The van der Waals surface area contributed by atoms with Gasteiger partial charge in [-0.15, -0.1) is 0 Å². The van der Waals surface area contributed by atoms with E-state index in [1.807, 2.05) is 42.6 Å². The molecule has 0 spiro atoms. The quantitative estimate of drug-likeness (QED) is 0.610. The van der Waals surface area contributed by atoms with Gasteiger partial charge in [-0.2, -0.15) is 0 Å². The topological polar surface area (TPSA) is 25.8 Å². The van der Waals surface area contributed by atoms with Gasteiger partial charge in [0.25, 0.3) is 0 Å². The van der Waals surface area contributed by atoms with Gasteiger partial charge in [-0.25, -0.2) is 9.97 Å². The average Bonchev–Trinajstić information content (AvgIpc) is 2.39. The van der Waals surface area contributed by atoms with Crippen LogP contribution in [0.25, 0.3) is 22.2 Å². The van der Waals surface area contributed by atoms with Crippen LogP contribution in [0, 0.1) is 6.07 Å². The summed E-state index contributed by atoms with van der Waals surface area (Å²) in [6.07, 6.45) is 3.59. The van der Waals surface area contributed by atoms with E-state index in [0.29, 0.717) is 0 Å². The van der Waals surface area contributed by atoms with E-state index in [-0.39, 0.29) is 0 Å². The Morgan fingerprint density at radius 2 is 2.00 bits per heavy atom. The maximum atomic E-state index is 4.33. The summed E-state index contributed by atoms with van der Waals surface area (Å²) in [6, 6.07) is 17.1. The summed E-state index contributed by atoms with van der Waals surface area (Å²) < 4.78 is 0. The Morgan fingerprint density at radius 1 is 1.00 bits per heavy atom. The van der Waals surface area contributed by atoms with E-state index >= 15 is 0 Å². The molecular formula is C14H9N2. The second-order valence-electron chi connectivity index (χ2n) is 3.55. The van der Waals surface area contributed by atoms with Crippen molar-refractivity contribution in [3.8, 4) is 11.1 Å². The van der Waals surface area contributed by atoms with Crippen molar-refractivity contribution >= 4 is 11.0 Å². The van der Waals surface area contributed by atoms with Gasteiger partial charge in [0.1, 0.15) is 0 Å². The van der Waals surface area contributed by atoms with Crippen molar-refractivity contribution in [1.82, 2.24) is 9.97 Å². The molecule has 0 amide bonds. The predicted octanol–water partition coefficient (Wildman–Crippen LogP) is 3.10. The second-order valence-corrected chi connectivity index (χ2v) is 3.55. The Balaban J connectivity index is 2.19. The van der Waals surface area contributed by atoms with Gasteiger partial charge >= 0.3 is 0 Å². The van der Waals surface area contributed by atoms with Gasteiger partial charge in [-0.05, 0) is 29.8 Å². The summed E-state index contributed by atoms with van der Waals surface area (Å²) in [5.74, 6) is 0. The lowest BCUT2D eigenvalue weighted by molar-refractivity contribution is 1.29. The monoisotopic (exact) mass is 205 g/mol. The number of pyridine rings is 2. The number of benzene rings is 1. The fourth-order valence-corrected chi connectivity index (χ4v) is 1.69. The van der Waals surface area contributed by atoms with Crippen molar-refractivity contribution < 1.29 is 0 Å². The van der Waals surface area contributed by atoms with Crippen molar-refractivity contribution in [2.45, 2.75) is 0 Å². The fraction of sp³-hybridized carbons (Fsp3) is 0. The molecule has 0 unspecified atom stereocenters. The normalized spacial score (nSPS) is 10.5. The van der Waals surface area contributed by atoms with E-state index in [1.54, 1.807) is 6.20 Å². The van der Waals surface area contributed by atoms with Crippen molar-refractivity contribution in [2.75, 3.05) is 0 Å². The first-order valence-electron chi connectivity index (χ1n) is 5.11. The molecule has 2 heteroatoms. The molecule has 0 N–H and O–H groups in total.